The Morgan fingerprint density at radius 1 is 0.932 bits per heavy atom. The van der Waals surface area contributed by atoms with E-state index in [1.807, 2.05) is 54.8 Å². The number of hydrogen-bond acceptors (Lipinski definition) is 10. The highest BCUT2D eigenvalue weighted by Gasteiger charge is 2.29. The van der Waals surface area contributed by atoms with E-state index in [1.165, 1.54) is 11.3 Å². The molecule has 3 aliphatic heterocycles. The lowest BCUT2D eigenvalue weighted by Crippen LogP contribution is -2.43. The van der Waals surface area contributed by atoms with Gasteiger partial charge in [0.15, 0.2) is 0 Å². The molecule has 8 bridgehead atoms. The topological polar surface area (TPSA) is 136 Å². The molecule has 0 saturated carbocycles. The Balaban J connectivity index is 1.11. The molecular formula is C44H50ClN9O4S. The number of thioether (sulfide) groups is 1. The number of nitrogens with one attached hydrogen (secondary N) is 3. The molecule has 3 aromatic heterocycles. The van der Waals surface area contributed by atoms with Crippen LogP contribution < -0.4 is 30.3 Å². The maximum Gasteiger partial charge on any atom is 0.352 e. The van der Waals surface area contributed by atoms with Gasteiger partial charge in [0.1, 0.15) is 29.5 Å². The Hall–Kier alpha value is -5.15. The highest BCUT2D eigenvalue weighted by Crippen LogP contribution is 2.43. The fourth-order valence-electron chi connectivity index (χ4n) is 8.83. The first kappa shape index (κ1) is 39.3. The molecule has 3 aliphatic rings. The maximum atomic E-state index is 13.1. The zero-order valence-electron chi connectivity index (χ0n) is 33.7. The van der Waals surface area contributed by atoms with E-state index in [0.29, 0.717) is 43.3 Å². The van der Waals surface area contributed by atoms with E-state index in [0.717, 1.165) is 118 Å². The maximum absolute atomic E-state index is 13.1. The van der Waals surface area contributed by atoms with Gasteiger partial charge in [0.25, 0.3) is 0 Å². The van der Waals surface area contributed by atoms with Gasteiger partial charge in [-0.05, 0) is 85.3 Å². The van der Waals surface area contributed by atoms with Crippen LogP contribution in [0.4, 0.5) is 11.4 Å². The van der Waals surface area contributed by atoms with Crippen molar-refractivity contribution in [3.63, 3.8) is 0 Å². The molecule has 0 spiro atoms. The second kappa shape index (κ2) is 16.8. The van der Waals surface area contributed by atoms with Crippen LogP contribution in [0.1, 0.15) is 57.2 Å². The highest BCUT2D eigenvalue weighted by molar-refractivity contribution is 7.98. The first-order valence-corrected chi connectivity index (χ1v) is 21.8. The fourth-order valence-corrected chi connectivity index (χ4v) is 10.1. The highest BCUT2D eigenvalue weighted by atomic mass is 35.5. The van der Waals surface area contributed by atoms with Gasteiger partial charge in [-0.3, -0.25) is 9.36 Å². The zero-order valence-corrected chi connectivity index (χ0v) is 35.3. The first-order valence-electron chi connectivity index (χ1n) is 20.4. The number of ether oxygens (including phenoxy) is 2. The Labute approximate surface area is 353 Å². The fraction of sp³-hybridized carbons (Fsp3) is 0.386. The standard InChI is InChI=1S/C44H50ClN9O4S/c1-51-42-34-12-13-35(45)39(42)40-36(25-58-31-10-8-29(9-11-31)54-17-15-46-16-18-54)50-53(3)37(40)24-47-23-28-21-30(52(2)49-28)26-59-32-20-27-6-4-14-48-41(27)38(22-32)57-19-5-7-33(34)43(51)44(55)56/h8-13,20-22,46-48H,4-7,14-19,23-26H2,1-3H3,(H,55,56). The molecular weight excluding hydrogens is 786 g/mol. The number of carbonyl (C=O) groups is 1. The van der Waals surface area contributed by atoms with E-state index in [4.69, 9.17) is 31.3 Å². The Kier molecular flexibility index (Phi) is 11.2. The second-order valence-electron chi connectivity index (χ2n) is 15.5. The van der Waals surface area contributed by atoms with Crippen molar-refractivity contribution >= 4 is 51.6 Å². The van der Waals surface area contributed by atoms with Crippen LogP contribution in [-0.4, -0.2) is 74.5 Å². The Morgan fingerprint density at radius 2 is 1.76 bits per heavy atom. The normalized spacial score (nSPS) is 16.2. The minimum atomic E-state index is -0.991. The van der Waals surface area contributed by atoms with Gasteiger partial charge in [0, 0.05) is 105 Å². The third-order valence-electron chi connectivity index (χ3n) is 11.7. The van der Waals surface area contributed by atoms with Crippen molar-refractivity contribution in [2.75, 3.05) is 49.5 Å². The van der Waals surface area contributed by atoms with Gasteiger partial charge in [-0.1, -0.05) is 17.7 Å². The van der Waals surface area contributed by atoms with E-state index in [9.17, 15) is 9.90 Å². The molecule has 0 amide bonds. The van der Waals surface area contributed by atoms with Crippen LogP contribution >= 0.6 is 23.4 Å². The molecule has 15 heteroatoms. The average Bonchev–Trinajstić information content (AvgIpc) is 3.86. The van der Waals surface area contributed by atoms with Gasteiger partial charge < -0.3 is 40.0 Å². The number of carboxylic acid groups (broad SMARTS) is 1. The molecule has 59 heavy (non-hydrogen) atoms. The Bertz CT molecular complexity index is 2520. The van der Waals surface area contributed by atoms with E-state index in [-0.39, 0.29) is 12.3 Å². The van der Waals surface area contributed by atoms with Crippen molar-refractivity contribution in [1.82, 2.24) is 34.8 Å². The summed E-state index contributed by atoms with van der Waals surface area (Å²) >= 11 is 9.01. The number of piperazine rings is 1. The number of rotatable bonds is 5. The number of halogens is 1. The number of nitrogens with zero attached hydrogens (tertiary/aromatic N) is 6. The molecule has 1 fully saturated rings. The number of aryl methyl sites for hydroxylation is 5. The van der Waals surface area contributed by atoms with Gasteiger partial charge >= 0.3 is 5.97 Å². The molecule has 0 radical (unpaired) electrons. The van der Waals surface area contributed by atoms with Gasteiger partial charge in [0.05, 0.1) is 34.2 Å². The van der Waals surface area contributed by atoms with Crippen molar-refractivity contribution in [2.45, 2.75) is 56.0 Å². The lowest BCUT2D eigenvalue weighted by atomic mass is 9.97. The van der Waals surface area contributed by atoms with E-state index in [2.05, 4.69) is 51.2 Å². The first-order chi connectivity index (χ1) is 28.7. The lowest BCUT2D eigenvalue weighted by Gasteiger charge is -2.29. The van der Waals surface area contributed by atoms with Crippen LogP contribution in [0.5, 0.6) is 11.5 Å². The van der Waals surface area contributed by atoms with Gasteiger partial charge in [-0.25, -0.2) is 4.79 Å². The molecule has 0 aliphatic carbocycles. The predicted octanol–water partition coefficient (Wildman–Crippen LogP) is 6.92. The molecule has 6 aromatic rings. The number of anilines is 2. The lowest BCUT2D eigenvalue weighted by molar-refractivity contribution is 0.0685. The summed E-state index contributed by atoms with van der Waals surface area (Å²) in [5.74, 6) is 1.34. The van der Waals surface area contributed by atoms with E-state index >= 15 is 0 Å². The monoisotopic (exact) mass is 835 g/mol. The summed E-state index contributed by atoms with van der Waals surface area (Å²) in [6, 6.07) is 18.6. The SMILES string of the molecule is Cn1nc2cc1CSc1cc3c(c(c1)OCCCc1c(C(=O)O)n(C)c4c(c(Cl)ccc14)-c1c(COc4ccc(N5CCNCC5)cc4)nn(C)c1CNC2)NCCC3. The number of carboxylic acids is 1. The molecule has 6 heterocycles. The van der Waals surface area contributed by atoms with Gasteiger partial charge in [-0.2, -0.15) is 10.2 Å². The number of hydrogen-bond donors (Lipinski definition) is 4. The molecule has 4 N–H and O–H groups in total. The van der Waals surface area contributed by atoms with Crippen LogP contribution in [0, 0.1) is 0 Å². The second-order valence-corrected chi connectivity index (χ2v) is 17.0. The quantitative estimate of drug-likeness (QED) is 0.144. The molecule has 1 saturated heterocycles. The molecule has 9 rings (SSSR count). The summed E-state index contributed by atoms with van der Waals surface area (Å²) in [6.07, 6.45) is 3.20. The summed E-state index contributed by atoms with van der Waals surface area (Å²) in [7, 11) is 5.74. The van der Waals surface area contributed by atoms with Crippen molar-refractivity contribution in [2.24, 2.45) is 21.1 Å². The van der Waals surface area contributed by atoms with Gasteiger partial charge in [-0.15, -0.1) is 11.8 Å². The van der Waals surface area contributed by atoms with Crippen LogP contribution in [0.3, 0.4) is 0 Å². The smallest absolute Gasteiger partial charge is 0.352 e. The van der Waals surface area contributed by atoms with Crippen LogP contribution in [-0.2, 0) is 59.4 Å². The van der Waals surface area contributed by atoms with Crippen LogP contribution in [0.25, 0.3) is 22.0 Å². The molecule has 13 nitrogen and oxygen atoms in total. The molecule has 3 aromatic carbocycles. The van der Waals surface area contributed by atoms with E-state index < -0.39 is 5.97 Å². The molecule has 0 unspecified atom stereocenters. The average molecular weight is 836 g/mol. The Morgan fingerprint density at radius 3 is 2.58 bits per heavy atom. The minimum absolute atomic E-state index is 0.184. The van der Waals surface area contributed by atoms with Gasteiger partial charge in [0.2, 0.25) is 0 Å². The number of aromatic nitrogens is 5. The van der Waals surface area contributed by atoms with Crippen molar-refractivity contribution < 1.29 is 19.4 Å². The summed E-state index contributed by atoms with van der Waals surface area (Å²) in [5.41, 5.74) is 10.4. The van der Waals surface area contributed by atoms with Crippen molar-refractivity contribution in [3.8, 4) is 22.6 Å². The van der Waals surface area contributed by atoms with Crippen LogP contribution in [0.2, 0.25) is 5.02 Å². The van der Waals surface area contributed by atoms with E-state index in [1.54, 1.807) is 16.3 Å². The summed E-state index contributed by atoms with van der Waals surface area (Å²) < 4.78 is 18.6. The van der Waals surface area contributed by atoms with Crippen LogP contribution in [0.15, 0.2) is 59.5 Å². The summed E-state index contributed by atoms with van der Waals surface area (Å²) in [4.78, 5) is 16.6. The zero-order chi connectivity index (χ0) is 40.6. The summed E-state index contributed by atoms with van der Waals surface area (Å²) in [6.45, 7) is 6.37. The predicted molar refractivity (Wildman–Crippen MR) is 233 cm³/mol. The number of benzene rings is 3. The number of aromatic carboxylic acids is 1. The third kappa shape index (κ3) is 7.86. The molecule has 0 atom stereocenters. The van der Waals surface area contributed by atoms with Crippen molar-refractivity contribution in [1.29, 1.82) is 0 Å². The molecule has 308 valence electrons. The largest absolute Gasteiger partial charge is 0.491 e. The summed E-state index contributed by atoms with van der Waals surface area (Å²) in [5, 5.41) is 32.6. The van der Waals surface area contributed by atoms with Crippen molar-refractivity contribution in [3.05, 3.63) is 99.2 Å². The minimum Gasteiger partial charge on any atom is -0.491 e. The number of fused-ring (bicyclic) bond motifs is 8. The third-order valence-corrected chi connectivity index (χ3v) is 13.0.